The van der Waals surface area contributed by atoms with Crippen LogP contribution in [0, 0.1) is 11.6 Å². The van der Waals surface area contributed by atoms with E-state index in [9.17, 15) is 18.4 Å². The van der Waals surface area contributed by atoms with E-state index in [0.717, 1.165) is 6.07 Å². The second-order valence-corrected chi connectivity index (χ2v) is 4.05. The molecular weight excluding hydrogens is 270 g/mol. The number of halogens is 2. The van der Waals surface area contributed by atoms with E-state index in [0.29, 0.717) is 6.07 Å². The molecule has 0 atom stereocenters. The van der Waals surface area contributed by atoms with E-state index in [4.69, 9.17) is 9.47 Å². The number of ether oxygens (including phenoxy) is 2. The summed E-state index contributed by atoms with van der Waals surface area (Å²) in [4.78, 5) is 23.0. The molecule has 0 amide bonds. The molecule has 0 aliphatic carbocycles. The standard InChI is InChI=1S/C14H16F2O4/c1-3-20-13(18)6-4-5-12(17)10-7-9(15)8-11(16)14(10)19-2/h7-8H,3-6H2,1-2H3. The van der Waals surface area contributed by atoms with E-state index in [1.165, 1.54) is 7.11 Å². The van der Waals surface area contributed by atoms with Crippen LogP contribution in [0.3, 0.4) is 0 Å². The molecule has 0 bridgehead atoms. The van der Waals surface area contributed by atoms with Crippen molar-refractivity contribution in [1.82, 2.24) is 0 Å². The Bertz CT molecular complexity index is 500. The molecule has 0 aromatic heterocycles. The lowest BCUT2D eigenvalue weighted by Gasteiger charge is -2.09. The van der Waals surface area contributed by atoms with Crippen LogP contribution >= 0.6 is 0 Å². The third-order valence-electron chi connectivity index (χ3n) is 2.60. The fourth-order valence-corrected chi connectivity index (χ4v) is 1.74. The van der Waals surface area contributed by atoms with E-state index < -0.39 is 23.4 Å². The summed E-state index contributed by atoms with van der Waals surface area (Å²) in [7, 11) is 1.20. The number of carbonyl (C=O) groups excluding carboxylic acids is 2. The Hall–Kier alpha value is -1.98. The van der Waals surface area contributed by atoms with Gasteiger partial charge in [-0.05, 0) is 19.4 Å². The molecule has 0 spiro atoms. The number of methoxy groups -OCH3 is 1. The Morgan fingerprint density at radius 3 is 2.50 bits per heavy atom. The average Bonchev–Trinajstić information content (AvgIpc) is 2.38. The molecule has 4 nitrogen and oxygen atoms in total. The van der Waals surface area contributed by atoms with Crippen LogP contribution in [0.2, 0.25) is 0 Å². The number of benzene rings is 1. The molecule has 0 N–H and O–H groups in total. The zero-order chi connectivity index (χ0) is 15.1. The number of esters is 1. The minimum absolute atomic E-state index is 0.0158. The van der Waals surface area contributed by atoms with Crippen molar-refractivity contribution in [2.45, 2.75) is 26.2 Å². The van der Waals surface area contributed by atoms with Gasteiger partial charge in [-0.3, -0.25) is 9.59 Å². The third kappa shape index (κ3) is 4.29. The first-order valence-electron chi connectivity index (χ1n) is 6.21. The predicted octanol–water partition coefficient (Wildman–Crippen LogP) is 2.89. The first-order valence-corrected chi connectivity index (χ1v) is 6.21. The van der Waals surface area contributed by atoms with Crippen molar-refractivity contribution in [3.8, 4) is 5.75 Å². The molecule has 6 heteroatoms. The van der Waals surface area contributed by atoms with Gasteiger partial charge >= 0.3 is 5.97 Å². The lowest BCUT2D eigenvalue weighted by molar-refractivity contribution is -0.143. The first kappa shape index (κ1) is 16.1. The van der Waals surface area contributed by atoms with Gasteiger partial charge in [0.2, 0.25) is 0 Å². The Kier molecular flexibility index (Phi) is 6.09. The Morgan fingerprint density at radius 1 is 1.20 bits per heavy atom. The normalized spacial score (nSPS) is 10.2. The van der Waals surface area contributed by atoms with Gasteiger partial charge < -0.3 is 9.47 Å². The van der Waals surface area contributed by atoms with Crippen molar-refractivity contribution in [1.29, 1.82) is 0 Å². The highest BCUT2D eigenvalue weighted by atomic mass is 19.1. The largest absolute Gasteiger partial charge is 0.493 e. The molecule has 0 aliphatic heterocycles. The summed E-state index contributed by atoms with van der Waals surface area (Å²) in [6, 6.07) is 1.57. The quantitative estimate of drug-likeness (QED) is 0.571. The molecule has 0 saturated heterocycles. The van der Waals surface area contributed by atoms with Gasteiger partial charge in [-0.2, -0.15) is 0 Å². The lowest BCUT2D eigenvalue weighted by atomic mass is 10.0. The van der Waals surface area contributed by atoms with Gasteiger partial charge in [0.1, 0.15) is 5.82 Å². The van der Waals surface area contributed by atoms with E-state index in [1.807, 2.05) is 0 Å². The number of hydrogen-bond donors (Lipinski definition) is 0. The summed E-state index contributed by atoms with van der Waals surface area (Å²) >= 11 is 0. The highest BCUT2D eigenvalue weighted by molar-refractivity contribution is 5.98. The summed E-state index contributed by atoms with van der Waals surface area (Å²) in [5.74, 6) is -2.95. The molecule has 0 saturated carbocycles. The Balaban J connectivity index is 2.70. The number of ketones is 1. The van der Waals surface area contributed by atoms with Crippen molar-refractivity contribution in [3.63, 3.8) is 0 Å². The van der Waals surface area contributed by atoms with E-state index >= 15 is 0 Å². The highest BCUT2D eigenvalue weighted by Crippen LogP contribution is 2.25. The lowest BCUT2D eigenvalue weighted by Crippen LogP contribution is -2.08. The van der Waals surface area contributed by atoms with Crippen LogP contribution in [0.4, 0.5) is 8.78 Å². The van der Waals surface area contributed by atoms with Crippen LogP contribution in [0.1, 0.15) is 36.5 Å². The summed E-state index contributed by atoms with van der Waals surface area (Å²) in [5.41, 5.74) is -0.158. The average molecular weight is 286 g/mol. The Morgan fingerprint density at radius 2 is 1.90 bits per heavy atom. The second-order valence-electron chi connectivity index (χ2n) is 4.05. The molecule has 1 rings (SSSR count). The summed E-state index contributed by atoms with van der Waals surface area (Å²) in [6.45, 7) is 1.96. The molecule has 1 aromatic carbocycles. The van der Waals surface area contributed by atoms with Gasteiger partial charge in [-0.15, -0.1) is 0 Å². The fraction of sp³-hybridized carbons (Fsp3) is 0.429. The van der Waals surface area contributed by atoms with Gasteiger partial charge in [-0.25, -0.2) is 8.78 Å². The molecular formula is C14H16F2O4. The maximum Gasteiger partial charge on any atom is 0.305 e. The summed E-state index contributed by atoms with van der Waals surface area (Å²) in [6.07, 6.45) is 0.316. The smallest absolute Gasteiger partial charge is 0.305 e. The summed E-state index contributed by atoms with van der Waals surface area (Å²) in [5, 5.41) is 0. The topological polar surface area (TPSA) is 52.6 Å². The highest BCUT2D eigenvalue weighted by Gasteiger charge is 2.18. The molecule has 0 fully saturated rings. The zero-order valence-corrected chi connectivity index (χ0v) is 11.4. The SMILES string of the molecule is CCOC(=O)CCCC(=O)c1cc(F)cc(F)c1OC. The van der Waals surface area contributed by atoms with Gasteiger partial charge in [0, 0.05) is 18.9 Å². The van der Waals surface area contributed by atoms with Gasteiger partial charge in [-0.1, -0.05) is 0 Å². The molecule has 0 heterocycles. The number of hydrogen-bond acceptors (Lipinski definition) is 4. The Labute approximate surface area is 115 Å². The van der Waals surface area contributed by atoms with Crippen molar-refractivity contribution >= 4 is 11.8 Å². The molecule has 0 unspecified atom stereocenters. The van der Waals surface area contributed by atoms with Crippen LogP contribution in [-0.2, 0) is 9.53 Å². The van der Waals surface area contributed by atoms with Crippen LogP contribution in [-0.4, -0.2) is 25.5 Å². The molecule has 0 radical (unpaired) electrons. The minimum atomic E-state index is -0.929. The minimum Gasteiger partial charge on any atom is -0.493 e. The van der Waals surface area contributed by atoms with E-state index in [-0.39, 0.29) is 37.2 Å². The maximum absolute atomic E-state index is 13.4. The van der Waals surface area contributed by atoms with Gasteiger partial charge in [0.25, 0.3) is 0 Å². The van der Waals surface area contributed by atoms with Crippen LogP contribution in [0.25, 0.3) is 0 Å². The molecule has 0 aliphatic rings. The van der Waals surface area contributed by atoms with Crippen LogP contribution in [0.5, 0.6) is 5.75 Å². The number of carbonyl (C=O) groups is 2. The van der Waals surface area contributed by atoms with E-state index in [2.05, 4.69) is 0 Å². The number of rotatable bonds is 7. The molecule has 20 heavy (non-hydrogen) atoms. The fourth-order valence-electron chi connectivity index (χ4n) is 1.74. The first-order chi connectivity index (χ1) is 9.49. The molecule has 1 aromatic rings. The zero-order valence-electron chi connectivity index (χ0n) is 11.4. The second kappa shape index (κ2) is 7.57. The monoisotopic (exact) mass is 286 g/mol. The maximum atomic E-state index is 13.4. The van der Waals surface area contributed by atoms with Crippen molar-refractivity contribution in [2.24, 2.45) is 0 Å². The molecule has 110 valence electrons. The van der Waals surface area contributed by atoms with Crippen molar-refractivity contribution in [2.75, 3.05) is 13.7 Å². The van der Waals surface area contributed by atoms with Crippen molar-refractivity contribution in [3.05, 3.63) is 29.3 Å². The van der Waals surface area contributed by atoms with Crippen LogP contribution < -0.4 is 4.74 Å². The van der Waals surface area contributed by atoms with E-state index in [1.54, 1.807) is 6.92 Å². The predicted molar refractivity (Wildman–Crippen MR) is 67.7 cm³/mol. The number of Topliss-reactive ketones (excluding diaryl/α,β-unsaturated/α-hetero) is 1. The van der Waals surface area contributed by atoms with Gasteiger partial charge in [0.05, 0.1) is 19.3 Å². The van der Waals surface area contributed by atoms with Gasteiger partial charge in [0.15, 0.2) is 17.3 Å². The summed E-state index contributed by atoms with van der Waals surface area (Å²) < 4.78 is 36.0. The third-order valence-corrected chi connectivity index (χ3v) is 2.60. The van der Waals surface area contributed by atoms with Crippen LogP contribution in [0.15, 0.2) is 12.1 Å². The van der Waals surface area contributed by atoms with Crippen molar-refractivity contribution < 1.29 is 27.8 Å².